The summed E-state index contributed by atoms with van der Waals surface area (Å²) in [5.41, 5.74) is -1.05. The van der Waals surface area contributed by atoms with Crippen LogP contribution in [0.3, 0.4) is 0 Å². The summed E-state index contributed by atoms with van der Waals surface area (Å²) in [6.07, 6.45) is 0.577. The number of nitro benzene ring substituents is 2. The highest BCUT2D eigenvalue weighted by Crippen LogP contribution is 2.37. The largest absolute Gasteiger partial charge is 0.868 e. The van der Waals surface area contributed by atoms with Crippen molar-refractivity contribution in [1.29, 1.82) is 0 Å². The van der Waals surface area contributed by atoms with E-state index in [1.807, 2.05) is 0 Å². The Labute approximate surface area is 97.0 Å². The number of non-ortho nitro benzene ring substituents is 1. The summed E-state index contributed by atoms with van der Waals surface area (Å²) < 4.78 is 0. The third-order valence-electron chi connectivity index (χ3n) is 2.63. The first-order chi connectivity index (χ1) is 7.88. The molecule has 0 aliphatic heterocycles. The van der Waals surface area contributed by atoms with E-state index in [1.54, 1.807) is 13.8 Å². The molecule has 0 amide bonds. The number of rotatable bonds is 4. The van der Waals surface area contributed by atoms with Gasteiger partial charge in [0.2, 0.25) is 0 Å². The van der Waals surface area contributed by atoms with E-state index in [0.29, 0.717) is 12.5 Å². The van der Waals surface area contributed by atoms with Crippen molar-refractivity contribution in [2.75, 3.05) is 0 Å². The van der Waals surface area contributed by atoms with Gasteiger partial charge in [0, 0.05) is 6.07 Å². The molecule has 0 bridgehead atoms. The molecule has 0 saturated carbocycles. The first-order valence-corrected chi connectivity index (χ1v) is 5.02. The minimum atomic E-state index is -0.888. The van der Waals surface area contributed by atoms with Crippen LogP contribution in [-0.2, 0) is 0 Å². The molecule has 1 aromatic rings. The summed E-state index contributed by atoms with van der Waals surface area (Å²) in [5.74, 6) is -0.990. The molecule has 1 rings (SSSR count). The molecular weight excluding hydrogens is 228 g/mol. The second-order valence-corrected chi connectivity index (χ2v) is 3.71. The molecule has 0 aliphatic carbocycles. The lowest BCUT2D eigenvalue weighted by molar-refractivity contribution is -0.403. The Morgan fingerprint density at radius 2 is 1.82 bits per heavy atom. The quantitative estimate of drug-likeness (QED) is 0.590. The summed E-state index contributed by atoms with van der Waals surface area (Å²) in [6.45, 7) is 3.50. The fraction of sp³-hybridized carbons (Fsp3) is 0.400. The van der Waals surface area contributed by atoms with Gasteiger partial charge in [-0.2, -0.15) is 0 Å². The summed E-state index contributed by atoms with van der Waals surface area (Å²) in [6, 6.07) is 1.82. The topological polar surface area (TPSA) is 109 Å². The molecule has 17 heavy (non-hydrogen) atoms. The Bertz CT molecular complexity index is 472. The number of hydrogen-bond donors (Lipinski definition) is 0. The Hall–Kier alpha value is -2.18. The van der Waals surface area contributed by atoms with Gasteiger partial charge in [-0.25, -0.2) is 0 Å². The molecule has 0 aliphatic rings. The molecule has 0 radical (unpaired) electrons. The second kappa shape index (κ2) is 4.77. The SMILES string of the molecule is CC[C@H](C)c1cc([N+](=O)[O-])cc([N+](=O)[O-])c1[O-]. The van der Waals surface area contributed by atoms with Gasteiger partial charge in [0.15, 0.2) is 0 Å². The van der Waals surface area contributed by atoms with E-state index in [4.69, 9.17) is 0 Å². The van der Waals surface area contributed by atoms with E-state index in [9.17, 15) is 25.3 Å². The van der Waals surface area contributed by atoms with E-state index in [1.165, 1.54) is 0 Å². The molecule has 1 aromatic carbocycles. The van der Waals surface area contributed by atoms with Crippen molar-refractivity contribution in [3.63, 3.8) is 0 Å². The van der Waals surface area contributed by atoms with Crippen molar-refractivity contribution >= 4 is 11.4 Å². The Balaban J connectivity index is 3.48. The van der Waals surface area contributed by atoms with Crippen molar-refractivity contribution in [1.82, 2.24) is 0 Å². The van der Waals surface area contributed by atoms with Gasteiger partial charge in [-0.3, -0.25) is 20.2 Å². The van der Waals surface area contributed by atoms with Crippen LogP contribution in [0.25, 0.3) is 0 Å². The van der Waals surface area contributed by atoms with Gasteiger partial charge in [0.1, 0.15) is 0 Å². The van der Waals surface area contributed by atoms with Gasteiger partial charge >= 0.3 is 0 Å². The first kappa shape index (κ1) is 12.9. The maximum absolute atomic E-state index is 11.7. The Kier molecular flexibility index (Phi) is 3.62. The predicted octanol–water partition coefficient (Wildman–Crippen LogP) is 2.09. The number of nitro groups is 2. The van der Waals surface area contributed by atoms with Crippen LogP contribution in [0, 0.1) is 20.2 Å². The molecule has 92 valence electrons. The van der Waals surface area contributed by atoms with Crippen molar-refractivity contribution in [2.24, 2.45) is 0 Å². The zero-order valence-corrected chi connectivity index (χ0v) is 9.37. The van der Waals surface area contributed by atoms with Crippen molar-refractivity contribution in [3.8, 4) is 5.75 Å². The van der Waals surface area contributed by atoms with Crippen LogP contribution in [0.5, 0.6) is 5.75 Å². The molecule has 0 heterocycles. The van der Waals surface area contributed by atoms with E-state index in [-0.39, 0.29) is 11.5 Å². The minimum Gasteiger partial charge on any atom is -0.868 e. The average molecular weight is 239 g/mol. The Morgan fingerprint density at radius 1 is 1.24 bits per heavy atom. The maximum atomic E-state index is 11.7. The lowest BCUT2D eigenvalue weighted by Gasteiger charge is -2.17. The minimum absolute atomic E-state index is 0.119. The van der Waals surface area contributed by atoms with E-state index >= 15 is 0 Å². The van der Waals surface area contributed by atoms with Gasteiger partial charge in [0.25, 0.3) is 11.4 Å². The fourth-order valence-electron chi connectivity index (χ4n) is 1.45. The van der Waals surface area contributed by atoms with Gasteiger partial charge in [0.05, 0.1) is 15.9 Å². The fourth-order valence-corrected chi connectivity index (χ4v) is 1.45. The smallest absolute Gasteiger partial charge is 0.276 e. The van der Waals surface area contributed by atoms with Crippen LogP contribution >= 0.6 is 0 Å². The first-order valence-electron chi connectivity index (χ1n) is 5.02. The average Bonchev–Trinajstić information content (AvgIpc) is 2.27. The van der Waals surface area contributed by atoms with Gasteiger partial charge < -0.3 is 5.11 Å². The summed E-state index contributed by atoms with van der Waals surface area (Å²) in [7, 11) is 0. The van der Waals surface area contributed by atoms with Crippen LogP contribution in [-0.4, -0.2) is 9.85 Å². The molecular formula is C10H11N2O5-. The predicted molar refractivity (Wildman–Crippen MR) is 57.9 cm³/mol. The van der Waals surface area contributed by atoms with E-state index in [2.05, 4.69) is 0 Å². The highest BCUT2D eigenvalue weighted by Gasteiger charge is 2.20. The van der Waals surface area contributed by atoms with E-state index < -0.39 is 27.0 Å². The summed E-state index contributed by atoms with van der Waals surface area (Å²) in [4.78, 5) is 19.6. The van der Waals surface area contributed by atoms with Gasteiger partial charge in [-0.05, 0) is 23.7 Å². The van der Waals surface area contributed by atoms with Gasteiger partial charge in [-0.15, -0.1) is 0 Å². The maximum Gasteiger partial charge on any atom is 0.276 e. The van der Waals surface area contributed by atoms with Gasteiger partial charge in [-0.1, -0.05) is 13.8 Å². The third-order valence-corrected chi connectivity index (χ3v) is 2.63. The van der Waals surface area contributed by atoms with Crippen LogP contribution in [0.2, 0.25) is 0 Å². The van der Waals surface area contributed by atoms with Crippen LogP contribution in [0.4, 0.5) is 11.4 Å². The van der Waals surface area contributed by atoms with Crippen LogP contribution in [0.15, 0.2) is 12.1 Å². The van der Waals surface area contributed by atoms with E-state index in [0.717, 1.165) is 6.07 Å². The number of benzene rings is 1. The number of hydrogen-bond acceptors (Lipinski definition) is 5. The Morgan fingerprint density at radius 3 is 2.24 bits per heavy atom. The molecule has 7 nitrogen and oxygen atoms in total. The molecule has 0 unspecified atom stereocenters. The molecule has 0 fully saturated rings. The van der Waals surface area contributed by atoms with Crippen molar-refractivity contribution < 1.29 is 15.0 Å². The molecule has 0 saturated heterocycles. The highest BCUT2D eigenvalue weighted by atomic mass is 16.6. The highest BCUT2D eigenvalue weighted by molar-refractivity contribution is 5.58. The van der Waals surface area contributed by atoms with Crippen molar-refractivity contribution in [2.45, 2.75) is 26.2 Å². The molecule has 0 aromatic heterocycles. The molecule has 0 spiro atoms. The monoisotopic (exact) mass is 239 g/mol. The molecule has 1 atom stereocenters. The molecule has 7 heteroatoms. The van der Waals surface area contributed by atoms with Crippen LogP contribution in [0.1, 0.15) is 31.7 Å². The zero-order chi connectivity index (χ0) is 13.2. The third kappa shape index (κ3) is 2.49. The summed E-state index contributed by atoms with van der Waals surface area (Å²) >= 11 is 0. The lowest BCUT2D eigenvalue weighted by atomic mass is 9.96. The lowest BCUT2D eigenvalue weighted by Crippen LogP contribution is -2.06. The standard InChI is InChI=1S/C10H12N2O5/c1-3-6(2)8-4-7(11(14)15)5-9(10(8)13)12(16)17/h4-6,13H,3H2,1-2H3/p-1/t6-/m0/s1. The molecule has 0 N–H and O–H groups in total. The second-order valence-electron chi connectivity index (χ2n) is 3.71. The normalized spacial score (nSPS) is 12.1. The van der Waals surface area contributed by atoms with Crippen LogP contribution < -0.4 is 5.11 Å². The van der Waals surface area contributed by atoms with Crippen molar-refractivity contribution in [3.05, 3.63) is 37.9 Å². The zero-order valence-electron chi connectivity index (χ0n) is 9.37. The number of nitrogens with zero attached hydrogens (tertiary/aromatic N) is 2. The summed E-state index contributed by atoms with van der Waals surface area (Å²) in [5, 5.41) is 33.0.